The van der Waals surface area contributed by atoms with Crippen molar-refractivity contribution in [2.45, 2.75) is 13.3 Å². The first-order chi connectivity index (χ1) is 6.60. The summed E-state index contributed by atoms with van der Waals surface area (Å²) in [6.07, 6.45) is 0.690. The monoisotopic (exact) mass is 213 g/mol. The average Bonchev–Trinajstić information content (AvgIpc) is 2.15. The number of nitrogen functional groups attached to an aromatic ring is 1. The van der Waals surface area contributed by atoms with Crippen LogP contribution in [-0.2, 0) is 11.2 Å². The molecule has 3 nitrogen and oxygen atoms in total. The summed E-state index contributed by atoms with van der Waals surface area (Å²) in [5.41, 5.74) is 7.38. The number of rotatable bonds is 2. The van der Waals surface area contributed by atoms with Crippen molar-refractivity contribution in [3.63, 3.8) is 0 Å². The van der Waals surface area contributed by atoms with Gasteiger partial charge < -0.3 is 10.5 Å². The Balaban J connectivity index is 3.32. The number of hydrogen-bond donors (Lipinski definition) is 1. The number of carbonyl (C=O) groups excluding carboxylic acids is 1. The van der Waals surface area contributed by atoms with Gasteiger partial charge in [-0.1, -0.05) is 18.5 Å². The van der Waals surface area contributed by atoms with Crippen LogP contribution in [0.25, 0.3) is 0 Å². The first-order valence-electron chi connectivity index (χ1n) is 4.26. The van der Waals surface area contributed by atoms with Crippen LogP contribution in [0.2, 0.25) is 5.02 Å². The summed E-state index contributed by atoms with van der Waals surface area (Å²) < 4.78 is 4.64. The number of carbonyl (C=O) groups is 1. The summed E-state index contributed by atoms with van der Waals surface area (Å²) in [5, 5.41) is 0.341. The molecule has 2 N–H and O–H groups in total. The number of methoxy groups -OCH3 is 1. The lowest BCUT2D eigenvalue weighted by Gasteiger charge is -2.08. The van der Waals surface area contributed by atoms with Crippen LogP contribution in [0.1, 0.15) is 22.8 Å². The van der Waals surface area contributed by atoms with Crippen molar-refractivity contribution in [2.24, 2.45) is 0 Å². The van der Waals surface area contributed by atoms with Gasteiger partial charge in [0, 0.05) is 5.69 Å². The van der Waals surface area contributed by atoms with Crippen LogP contribution in [0.5, 0.6) is 0 Å². The van der Waals surface area contributed by atoms with E-state index in [0.29, 0.717) is 22.7 Å². The third-order valence-corrected chi connectivity index (χ3v) is 2.26. The van der Waals surface area contributed by atoms with Crippen molar-refractivity contribution >= 4 is 23.3 Å². The maximum atomic E-state index is 11.4. The second-order valence-corrected chi connectivity index (χ2v) is 3.29. The molecule has 0 radical (unpaired) electrons. The highest BCUT2D eigenvalue weighted by Crippen LogP contribution is 2.25. The highest BCUT2D eigenvalue weighted by Gasteiger charge is 2.15. The van der Waals surface area contributed by atoms with Gasteiger partial charge in [0.2, 0.25) is 0 Å². The van der Waals surface area contributed by atoms with Gasteiger partial charge >= 0.3 is 5.97 Å². The standard InChI is InChI=1S/C10H12ClNO2/c1-3-6-4-7(12)5-8(11)9(6)10(13)14-2/h4-5H,3,12H2,1-2H3. The van der Waals surface area contributed by atoms with Crippen molar-refractivity contribution < 1.29 is 9.53 Å². The zero-order chi connectivity index (χ0) is 10.7. The van der Waals surface area contributed by atoms with E-state index in [2.05, 4.69) is 4.74 Å². The van der Waals surface area contributed by atoms with Crippen LogP contribution >= 0.6 is 11.6 Å². The van der Waals surface area contributed by atoms with E-state index in [1.54, 1.807) is 12.1 Å². The third kappa shape index (κ3) is 1.99. The number of hydrogen-bond acceptors (Lipinski definition) is 3. The maximum Gasteiger partial charge on any atom is 0.339 e. The molecule has 0 amide bonds. The molecule has 0 aromatic heterocycles. The summed E-state index contributed by atoms with van der Waals surface area (Å²) in [7, 11) is 1.33. The Bertz CT molecular complexity index is 363. The lowest BCUT2D eigenvalue weighted by Crippen LogP contribution is -2.07. The van der Waals surface area contributed by atoms with Gasteiger partial charge in [-0.25, -0.2) is 4.79 Å². The van der Waals surface area contributed by atoms with Crippen molar-refractivity contribution in [3.8, 4) is 0 Å². The smallest absolute Gasteiger partial charge is 0.339 e. The van der Waals surface area contributed by atoms with Crippen LogP contribution in [0, 0.1) is 0 Å². The fourth-order valence-electron chi connectivity index (χ4n) is 1.30. The van der Waals surface area contributed by atoms with E-state index in [1.165, 1.54) is 7.11 Å². The molecule has 0 aliphatic carbocycles. The predicted molar refractivity (Wildman–Crippen MR) is 56.6 cm³/mol. The summed E-state index contributed by atoms with van der Waals surface area (Å²) in [5.74, 6) is -0.424. The van der Waals surface area contributed by atoms with Crippen LogP contribution in [0.4, 0.5) is 5.69 Å². The Morgan fingerprint density at radius 3 is 2.71 bits per heavy atom. The molecule has 1 aromatic rings. The molecule has 1 aromatic carbocycles. The van der Waals surface area contributed by atoms with Crippen molar-refractivity contribution in [2.75, 3.05) is 12.8 Å². The minimum Gasteiger partial charge on any atom is -0.465 e. The van der Waals surface area contributed by atoms with Gasteiger partial charge in [-0.05, 0) is 24.1 Å². The zero-order valence-corrected chi connectivity index (χ0v) is 8.89. The molecule has 1 rings (SSSR count). The fraction of sp³-hybridized carbons (Fsp3) is 0.300. The molecule has 0 unspecified atom stereocenters. The van der Waals surface area contributed by atoms with Crippen LogP contribution in [0.15, 0.2) is 12.1 Å². The Morgan fingerprint density at radius 2 is 2.21 bits per heavy atom. The number of benzene rings is 1. The second kappa shape index (κ2) is 4.33. The summed E-state index contributed by atoms with van der Waals surface area (Å²) >= 11 is 5.91. The van der Waals surface area contributed by atoms with Gasteiger partial charge in [0.05, 0.1) is 17.7 Å². The van der Waals surface area contributed by atoms with Gasteiger partial charge in [-0.15, -0.1) is 0 Å². The lowest BCUT2D eigenvalue weighted by atomic mass is 10.0. The summed E-state index contributed by atoms with van der Waals surface area (Å²) in [4.78, 5) is 11.4. The number of ether oxygens (including phenoxy) is 1. The highest BCUT2D eigenvalue weighted by molar-refractivity contribution is 6.34. The molecular weight excluding hydrogens is 202 g/mol. The maximum absolute atomic E-state index is 11.4. The van der Waals surface area contributed by atoms with E-state index in [0.717, 1.165) is 5.56 Å². The molecule has 76 valence electrons. The van der Waals surface area contributed by atoms with Crippen molar-refractivity contribution in [3.05, 3.63) is 28.3 Å². The second-order valence-electron chi connectivity index (χ2n) is 2.88. The van der Waals surface area contributed by atoms with Crippen LogP contribution in [0.3, 0.4) is 0 Å². The predicted octanol–water partition coefficient (Wildman–Crippen LogP) is 2.27. The summed E-state index contributed by atoms with van der Waals surface area (Å²) in [6.45, 7) is 1.93. The Morgan fingerprint density at radius 1 is 1.57 bits per heavy atom. The first-order valence-corrected chi connectivity index (χ1v) is 4.64. The van der Waals surface area contributed by atoms with Gasteiger partial charge in [0.15, 0.2) is 0 Å². The number of aryl methyl sites for hydroxylation is 1. The van der Waals surface area contributed by atoms with Gasteiger partial charge in [0.1, 0.15) is 0 Å². The number of esters is 1. The molecule has 0 saturated carbocycles. The van der Waals surface area contributed by atoms with E-state index in [-0.39, 0.29) is 0 Å². The quantitative estimate of drug-likeness (QED) is 0.606. The molecule has 0 atom stereocenters. The molecule has 0 bridgehead atoms. The van der Waals surface area contributed by atoms with Gasteiger partial charge in [0.25, 0.3) is 0 Å². The van der Waals surface area contributed by atoms with E-state index < -0.39 is 5.97 Å². The third-order valence-electron chi connectivity index (χ3n) is 1.96. The van der Waals surface area contributed by atoms with Gasteiger partial charge in [-0.3, -0.25) is 0 Å². The Labute approximate surface area is 87.8 Å². The number of halogens is 1. The largest absolute Gasteiger partial charge is 0.465 e. The molecule has 4 heteroatoms. The molecule has 0 spiro atoms. The van der Waals surface area contributed by atoms with E-state index in [1.807, 2.05) is 6.92 Å². The SMILES string of the molecule is CCc1cc(N)cc(Cl)c1C(=O)OC. The minimum atomic E-state index is -0.424. The Kier molecular flexibility index (Phi) is 3.36. The molecule has 0 saturated heterocycles. The van der Waals surface area contributed by atoms with Crippen molar-refractivity contribution in [1.82, 2.24) is 0 Å². The van der Waals surface area contributed by atoms with Crippen molar-refractivity contribution in [1.29, 1.82) is 0 Å². The number of nitrogens with two attached hydrogens (primary N) is 1. The van der Waals surface area contributed by atoms with Crippen LogP contribution in [-0.4, -0.2) is 13.1 Å². The normalized spacial score (nSPS) is 9.93. The average molecular weight is 214 g/mol. The molecule has 0 aliphatic heterocycles. The lowest BCUT2D eigenvalue weighted by molar-refractivity contribution is 0.0600. The molecule has 0 heterocycles. The van der Waals surface area contributed by atoms with E-state index in [4.69, 9.17) is 17.3 Å². The fourth-order valence-corrected chi connectivity index (χ4v) is 1.62. The number of anilines is 1. The topological polar surface area (TPSA) is 52.3 Å². The summed E-state index contributed by atoms with van der Waals surface area (Å²) in [6, 6.07) is 3.28. The van der Waals surface area contributed by atoms with E-state index in [9.17, 15) is 4.79 Å². The Hall–Kier alpha value is -1.22. The molecule has 0 fully saturated rings. The van der Waals surface area contributed by atoms with E-state index >= 15 is 0 Å². The van der Waals surface area contributed by atoms with Gasteiger partial charge in [-0.2, -0.15) is 0 Å². The molecular formula is C10H12ClNO2. The van der Waals surface area contributed by atoms with Crippen LogP contribution < -0.4 is 5.73 Å². The molecule has 14 heavy (non-hydrogen) atoms. The zero-order valence-electron chi connectivity index (χ0n) is 8.13. The first kappa shape index (κ1) is 10.9. The minimum absolute atomic E-state index is 0.341. The molecule has 0 aliphatic rings. The highest BCUT2D eigenvalue weighted by atomic mass is 35.5.